The van der Waals surface area contributed by atoms with Crippen LogP contribution < -0.4 is 5.32 Å². The maximum absolute atomic E-state index is 12.8. The average molecular weight is 389 g/mol. The molecule has 2 aromatic carbocycles. The molecule has 0 spiro atoms. The number of carbonyl (C=O) groups is 2. The number of benzene rings is 2. The standard InChI is InChI=1S/C23H23N3O3/c1-3-26(16-17-9-5-4-6-10-17)22(27)21-14-13-18(15-24-21)25-20-12-8-7-11-19(20)23(28)29-2/h4-15,25H,3,16H2,1-2H3. The number of nitrogens with zero attached hydrogens (tertiary/aromatic N) is 2. The zero-order valence-electron chi connectivity index (χ0n) is 16.5. The molecule has 1 N–H and O–H groups in total. The molecule has 148 valence electrons. The molecule has 6 nitrogen and oxygen atoms in total. The minimum atomic E-state index is -0.424. The van der Waals surface area contributed by atoms with Crippen molar-refractivity contribution in [2.45, 2.75) is 13.5 Å². The number of anilines is 2. The van der Waals surface area contributed by atoms with Crippen LogP contribution in [0.3, 0.4) is 0 Å². The van der Waals surface area contributed by atoms with Gasteiger partial charge in [0.1, 0.15) is 5.69 Å². The van der Waals surface area contributed by atoms with Gasteiger partial charge in [0.2, 0.25) is 0 Å². The van der Waals surface area contributed by atoms with Crippen molar-refractivity contribution in [3.05, 3.63) is 89.7 Å². The van der Waals surface area contributed by atoms with Crippen molar-refractivity contribution in [3.63, 3.8) is 0 Å². The van der Waals surface area contributed by atoms with E-state index in [1.807, 2.05) is 43.3 Å². The summed E-state index contributed by atoms with van der Waals surface area (Å²) in [5.41, 5.74) is 3.15. The Morgan fingerprint density at radius 2 is 1.72 bits per heavy atom. The number of methoxy groups -OCH3 is 1. The highest BCUT2D eigenvalue weighted by Crippen LogP contribution is 2.21. The van der Waals surface area contributed by atoms with E-state index in [9.17, 15) is 9.59 Å². The Hall–Kier alpha value is -3.67. The van der Waals surface area contributed by atoms with E-state index in [0.29, 0.717) is 35.7 Å². The fourth-order valence-corrected chi connectivity index (χ4v) is 2.92. The molecule has 0 aliphatic carbocycles. The van der Waals surface area contributed by atoms with Crippen LogP contribution in [0, 0.1) is 0 Å². The van der Waals surface area contributed by atoms with E-state index in [1.54, 1.807) is 41.4 Å². The van der Waals surface area contributed by atoms with Crippen LogP contribution in [0.25, 0.3) is 0 Å². The van der Waals surface area contributed by atoms with Crippen LogP contribution in [0.1, 0.15) is 33.3 Å². The van der Waals surface area contributed by atoms with Gasteiger partial charge in [0.25, 0.3) is 5.91 Å². The maximum atomic E-state index is 12.8. The van der Waals surface area contributed by atoms with Crippen LogP contribution in [0.2, 0.25) is 0 Å². The largest absolute Gasteiger partial charge is 0.465 e. The number of nitrogens with one attached hydrogen (secondary N) is 1. The topological polar surface area (TPSA) is 71.5 Å². The number of carbonyl (C=O) groups excluding carboxylic acids is 2. The molecule has 0 unspecified atom stereocenters. The fourth-order valence-electron chi connectivity index (χ4n) is 2.92. The lowest BCUT2D eigenvalue weighted by molar-refractivity contribution is 0.0601. The van der Waals surface area contributed by atoms with E-state index in [-0.39, 0.29) is 5.91 Å². The number of pyridine rings is 1. The van der Waals surface area contributed by atoms with Crippen LogP contribution in [0.4, 0.5) is 11.4 Å². The molecule has 0 aliphatic heterocycles. The monoisotopic (exact) mass is 389 g/mol. The molecule has 3 aromatic rings. The Morgan fingerprint density at radius 1 is 1.00 bits per heavy atom. The van der Waals surface area contributed by atoms with E-state index in [2.05, 4.69) is 10.3 Å². The lowest BCUT2D eigenvalue weighted by atomic mass is 10.1. The second-order valence-electron chi connectivity index (χ2n) is 6.40. The highest BCUT2D eigenvalue weighted by Gasteiger charge is 2.16. The SMILES string of the molecule is CCN(Cc1ccccc1)C(=O)c1ccc(Nc2ccccc2C(=O)OC)cn1. The van der Waals surface area contributed by atoms with Crippen LogP contribution in [-0.2, 0) is 11.3 Å². The number of rotatable bonds is 7. The number of hydrogen-bond acceptors (Lipinski definition) is 5. The number of hydrogen-bond donors (Lipinski definition) is 1. The third kappa shape index (κ3) is 4.99. The maximum Gasteiger partial charge on any atom is 0.339 e. The Labute approximate surface area is 170 Å². The van der Waals surface area contributed by atoms with E-state index < -0.39 is 5.97 Å². The summed E-state index contributed by atoms with van der Waals surface area (Å²) in [7, 11) is 1.34. The van der Waals surface area contributed by atoms with Crippen molar-refractivity contribution < 1.29 is 14.3 Å². The van der Waals surface area contributed by atoms with E-state index in [4.69, 9.17) is 4.74 Å². The molecular weight excluding hydrogens is 366 g/mol. The molecule has 0 saturated carbocycles. The zero-order chi connectivity index (χ0) is 20.6. The average Bonchev–Trinajstić information content (AvgIpc) is 2.78. The molecule has 6 heteroatoms. The van der Waals surface area contributed by atoms with E-state index in [0.717, 1.165) is 5.56 Å². The fraction of sp³-hybridized carbons (Fsp3) is 0.174. The second kappa shape index (κ2) is 9.50. The second-order valence-corrected chi connectivity index (χ2v) is 6.40. The molecule has 0 bridgehead atoms. The van der Waals surface area contributed by atoms with Crippen LogP contribution in [0.15, 0.2) is 72.9 Å². The third-order valence-corrected chi connectivity index (χ3v) is 4.48. The van der Waals surface area contributed by atoms with Gasteiger partial charge >= 0.3 is 5.97 Å². The van der Waals surface area contributed by atoms with Gasteiger partial charge in [-0.2, -0.15) is 0 Å². The summed E-state index contributed by atoms with van der Waals surface area (Å²) in [5, 5.41) is 3.15. The molecule has 0 fully saturated rings. The number of ether oxygens (including phenoxy) is 1. The minimum Gasteiger partial charge on any atom is -0.465 e. The van der Waals surface area contributed by atoms with Gasteiger partial charge in [-0.3, -0.25) is 4.79 Å². The number of para-hydroxylation sites is 1. The van der Waals surface area contributed by atoms with Crippen molar-refractivity contribution in [2.24, 2.45) is 0 Å². The summed E-state index contributed by atoms with van der Waals surface area (Å²) < 4.78 is 4.81. The molecular formula is C23H23N3O3. The van der Waals surface area contributed by atoms with Crippen molar-refractivity contribution in [1.29, 1.82) is 0 Å². The molecule has 0 saturated heterocycles. The number of amides is 1. The summed E-state index contributed by atoms with van der Waals surface area (Å²) in [4.78, 5) is 30.8. The van der Waals surface area contributed by atoms with Gasteiger partial charge in [-0.05, 0) is 36.8 Å². The lowest BCUT2D eigenvalue weighted by Gasteiger charge is -2.20. The first-order chi connectivity index (χ1) is 14.1. The Bertz CT molecular complexity index is 972. The Morgan fingerprint density at radius 3 is 2.38 bits per heavy atom. The predicted molar refractivity (Wildman–Crippen MR) is 112 cm³/mol. The Balaban J connectivity index is 1.73. The summed E-state index contributed by atoms with van der Waals surface area (Å²) in [6, 6.07) is 20.4. The quantitative estimate of drug-likeness (QED) is 0.611. The minimum absolute atomic E-state index is 0.127. The zero-order valence-corrected chi connectivity index (χ0v) is 16.5. The van der Waals surface area contributed by atoms with E-state index >= 15 is 0 Å². The first-order valence-corrected chi connectivity index (χ1v) is 9.36. The molecule has 0 radical (unpaired) electrons. The number of aromatic nitrogens is 1. The normalized spacial score (nSPS) is 10.3. The van der Waals surface area contributed by atoms with Gasteiger partial charge in [-0.1, -0.05) is 42.5 Å². The predicted octanol–water partition coefficient (Wildman–Crippen LogP) is 4.27. The molecule has 0 atom stereocenters. The smallest absolute Gasteiger partial charge is 0.339 e. The van der Waals surface area contributed by atoms with Crippen LogP contribution in [0.5, 0.6) is 0 Å². The van der Waals surface area contributed by atoms with Gasteiger partial charge < -0.3 is 15.0 Å². The molecule has 1 aromatic heterocycles. The first-order valence-electron chi connectivity index (χ1n) is 9.36. The van der Waals surface area contributed by atoms with Crippen molar-refractivity contribution in [1.82, 2.24) is 9.88 Å². The third-order valence-electron chi connectivity index (χ3n) is 4.48. The molecule has 1 amide bonds. The number of esters is 1. The van der Waals surface area contributed by atoms with Gasteiger partial charge in [0.05, 0.1) is 30.2 Å². The van der Waals surface area contributed by atoms with Gasteiger partial charge in [-0.25, -0.2) is 9.78 Å². The summed E-state index contributed by atoms with van der Waals surface area (Å²) in [5.74, 6) is -0.551. The van der Waals surface area contributed by atoms with Crippen LogP contribution in [-0.4, -0.2) is 35.4 Å². The van der Waals surface area contributed by atoms with Gasteiger partial charge in [0, 0.05) is 13.1 Å². The molecule has 29 heavy (non-hydrogen) atoms. The van der Waals surface area contributed by atoms with Gasteiger partial charge in [0.15, 0.2) is 0 Å². The van der Waals surface area contributed by atoms with Crippen molar-refractivity contribution in [3.8, 4) is 0 Å². The summed E-state index contributed by atoms with van der Waals surface area (Å²) >= 11 is 0. The molecule has 1 heterocycles. The first kappa shape index (κ1) is 20.1. The highest BCUT2D eigenvalue weighted by molar-refractivity contribution is 5.96. The summed E-state index contributed by atoms with van der Waals surface area (Å²) in [6.07, 6.45) is 1.58. The lowest BCUT2D eigenvalue weighted by Crippen LogP contribution is -2.30. The van der Waals surface area contributed by atoms with E-state index in [1.165, 1.54) is 7.11 Å². The summed E-state index contributed by atoms with van der Waals surface area (Å²) in [6.45, 7) is 3.06. The van der Waals surface area contributed by atoms with Crippen molar-refractivity contribution >= 4 is 23.3 Å². The molecule has 3 rings (SSSR count). The molecule has 0 aliphatic rings. The Kier molecular flexibility index (Phi) is 6.58. The highest BCUT2D eigenvalue weighted by atomic mass is 16.5. The van der Waals surface area contributed by atoms with Gasteiger partial charge in [-0.15, -0.1) is 0 Å². The van der Waals surface area contributed by atoms with Crippen LogP contribution >= 0.6 is 0 Å². The van der Waals surface area contributed by atoms with Crippen molar-refractivity contribution in [2.75, 3.05) is 19.0 Å².